The summed E-state index contributed by atoms with van der Waals surface area (Å²) < 4.78 is 16.3. The number of carbonyl (C=O) groups excluding carboxylic acids is 1. The molecule has 0 N–H and O–H groups in total. The minimum atomic E-state index is -0.281. The number of fused-ring (bicyclic) bond motifs is 1. The van der Waals surface area contributed by atoms with Crippen molar-refractivity contribution < 1.29 is 9.18 Å². The quantitative estimate of drug-likeness (QED) is 0.592. The van der Waals surface area contributed by atoms with Gasteiger partial charge in [0.15, 0.2) is 4.80 Å². The monoisotopic (exact) mass is 392 g/mol. The van der Waals surface area contributed by atoms with Gasteiger partial charge < -0.3 is 4.57 Å². The molecule has 0 bridgehead atoms. The van der Waals surface area contributed by atoms with Gasteiger partial charge in [0.25, 0.3) is 5.91 Å². The number of amides is 1. The molecular weight excluding hydrogens is 375 g/mol. The Balaban J connectivity index is 2.12. The molecule has 0 spiro atoms. The van der Waals surface area contributed by atoms with Crippen LogP contribution in [0.1, 0.15) is 10.4 Å². The zero-order valence-corrected chi connectivity index (χ0v) is 16.3. The molecular formula is C18H17FN2OS3. The number of aromatic nitrogens is 1. The van der Waals surface area contributed by atoms with Crippen molar-refractivity contribution >= 4 is 51.0 Å². The van der Waals surface area contributed by atoms with Crippen molar-refractivity contribution in [2.24, 2.45) is 4.99 Å². The zero-order valence-electron chi connectivity index (χ0n) is 13.9. The van der Waals surface area contributed by atoms with Crippen molar-refractivity contribution in [3.63, 3.8) is 0 Å². The van der Waals surface area contributed by atoms with Gasteiger partial charge in [0.05, 0.1) is 15.8 Å². The van der Waals surface area contributed by atoms with Gasteiger partial charge in [0, 0.05) is 17.2 Å². The van der Waals surface area contributed by atoms with Crippen molar-refractivity contribution in [3.8, 4) is 0 Å². The second-order valence-electron chi connectivity index (χ2n) is 5.26. The van der Waals surface area contributed by atoms with Crippen LogP contribution in [0, 0.1) is 5.82 Å². The molecule has 130 valence electrons. The van der Waals surface area contributed by atoms with E-state index in [2.05, 4.69) is 4.99 Å². The van der Waals surface area contributed by atoms with Crippen molar-refractivity contribution in [1.29, 1.82) is 0 Å². The minimum Gasteiger partial charge on any atom is -0.316 e. The molecule has 0 fully saturated rings. The van der Waals surface area contributed by atoms with Gasteiger partial charge in [-0.2, -0.15) is 16.8 Å². The van der Waals surface area contributed by atoms with Crippen LogP contribution in [0.4, 0.5) is 4.39 Å². The lowest BCUT2D eigenvalue weighted by molar-refractivity contribution is 0.0995. The first-order chi connectivity index (χ1) is 12.1. The van der Waals surface area contributed by atoms with E-state index in [1.807, 2.05) is 35.3 Å². The fourth-order valence-corrected chi connectivity index (χ4v) is 4.53. The number of thiazole rings is 1. The Hall–Kier alpha value is -1.57. The van der Waals surface area contributed by atoms with Gasteiger partial charge in [-0.15, -0.1) is 11.8 Å². The molecule has 0 saturated heterocycles. The van der Waals surface area contributed by atoms with Crippen molar-refractivity contribution in [2.75, 3.05) is 18.3 Å². The summed E-state index contributed by atoms with van der Waals surface area (Å²) in [5, 5.41) is 0. The normalized spacial score (nSPS) is 12.0. The number of aryl methyl sites for hydroxylation is 1. The number of thioether (sulfide) groups is 2. The highest BCUT2D eigenvalue weighted by Crippen LogP contribution is 2.22. The second kappa shape index (κ2) is 8.21. The maximum atomic E-state index is 13.5. The predicted molar refractivity (Wildman–Crippen MR) is 106 cm³/mol. The van der Waals surface area contributed by atoms with Crippen molar-refractivity contribution in [1.82, 2.24) is 4.57 Å². The Kier molecular flexibility index (Phi) is 5.98. The van der Waals surface area contributed by atoms with Crippen LogP contribution in [0.5, 0.6) is 0 Å². The Labute approximate surface area is 158 Å². The number of halogens is 1. The molecule has 1 aromatic heterocycles. The van der Waals surface area contributed by atoms with E-state index in [1.165, 1.54) is 35.2 Å². The molecule has 0 unspecified atom stereocenters. The SMILES string of the molecule is CSCCn1c(=NC(=O)c2ccccc2SC)sc2cc(F)ccc21. The molecule has 1 heterocycles. The van der Waals surface area contributed by atoms with E-state index in [9.17, 15) is 9.18 Å². The van der Waals surface area contributed by atoms with E-state index >= 15 is 0 Å². The smallest absolute Gasteiger partial charge is 0.280 e. The first kappa shape index (κ1) is 18.2. The first-order valence-electron chi connectivity index (χ1n) is 7.64. The fraction of sp³-hybridized carbons (Fsp3) is 0.222. The highest BCUT2D eigenvalue weighted by atomic mass is 32.2. The molecule has 3 rings (SSSR count). The standard InChI is InChI=1S/C18H17FN2OS3/c1-23-10-9-21-14-8-7-12(19)11-16(14)25-18(21)20-17(22)13-5-3-4-6-15(13)24-2/h3-8,11H,9-10H2,1-2H3. The molecule has 2 aromatic carbocycles. The number of benzene rings is 2. The third-order valence-electron chi connectivity index (χ3n) is 3.70. The van der Waals surface area contributed by atoms with Crippen LogP contribution in [0.3, 0.4) is 0 Å². The first-order valence-corrected chi connectivity index (χ1v) is 11.1. The number of hydrogen-bond donors (Lipinski definition) is 0. The Morgan fingerprint density at radius 2 is 2.04 bits per heavy atom. The predicted octanol–water partition coefficient (Wildman–Crippen LogP) is 4.67. The number of rotatable bonds is 5. The molecule has 0 aliphatic carbocycles. The highest BCUT2D eigenvalue weighted by Gasteiger charge is 2.12. The Morgan fingerprint density at radius 3 is 2.80 bits per heavy atom. The van der Waals surface area contributed by atoms with E-state index in [4.69, 9.17) is 0 Å². The Bertz CT molecular complexity index is 978. The third-order valence-corrected chi connectivity index (χ3v) is 6.13. The summed E-state index contributed by atoms with van der Waals surface area (Å²) in [6.07, 6.45) is 3.97. The summed E-state index contributed by atoms with van der Waals surface area (Å²) >= 11 is 4.59. The molecule has 0 radical (unpaired) electrons. The summed E-state index contributed by atoms with van der Waals surface area (Å²) in [5.74, 6) is 0.345. The molecule has 0 atom stereocenters. The van der Waals surface area contributed by atoms with Gasteiger partial charge in [-0.3, -0.25) is 4.79 Å². The van der Waals surface area contributed by atoms with E-state index in [0.717, 1.165) is 27.4 Å². The summed E-state index contributed by atoms with van der Waals surface area (Å²) in [6.45, 7) is 0.725. The maximum absolute atomic E-state index is 13.5. The van der Waals surface area contributed by atoms with Crippen LogP contribution in [-0.2, 0) is 6.54 Å². The summed E-state index contributed by atoms with van der Waals surface area (Å²) in [5.41, 5.74) is 1.50. The molecule has 0 aliphatic heterocycles. The van der Waals surface area contributed by atoms with E-state index in [0.29, 0.717) is 10.4 Å². The van der Waals surface area contributed by atoms with E-state index in [-0.39, 0.29) is 11.7 Å². The van der Waals surface area contributed by atoms with Crippen LogP contribution in [0.25, 0.3) is 10.2 Å². The minimum absolute atomic E-state index is 0.269. The molecule has 3 aromatic rings. The lowest BCUT2D eigenvalue weighted by Gasteiger charge is -2.04. The molecule has 0 saturated carbocycles. The van der Waals surface area contributed by atoms with Gasteiger partial charge in [-0.05, 0) is 42.8 Å². The molecule has 7 heteroatoms. The van der Waals surface area contributed by atoms with Crippen LogP contribution in [-0.4, -0.2) is 28.7 Å². The summed E-state index contributed by atoms with van der Waals surface area (Å²) in [6, 6.07) is 12.1. The Morgan fingerprint density at radius 1 is 1.24 bits per heavy atom. The van der Waals surface area contributed by atoms with Gasteiger partial charge in [0.1, 0.15) is 5.82 Å². The van der Waals surface area contributed by atoms with Gasteiger partial charge in [-0.1, -0.05) is 23.5 Å². The van der Waals surface area contributed by atoms with Crippen molar-refractivity contribution in [2.45, 2.75) is 11.4 Å². The van der Waals surface area contributed by atoms with Crippen LogP contribution in [0.15, 0.2) is 52.4 Å². The van der Waals surface area contributed by atoms with E-state index in [1.54, 1.807) is 23.9 Å². The molecule has 1 amide bonds. The number of carbonyl (C=O) groups is 1. The van der Waals surface area contributed by atoms with Crippen molar-refractivity contribution in [3.05, 3.63) is 58.6 Å². The molecule has 25 heavy (non-hydrogen) atoms. The zero-order chi connectivity index (χ0) is 17.8. The number of hydrogen-bond acceptors (Lipinski definition) is 4. The average Bonchev–Trinajstić information content (AvgIpc) is 2.95. The largest absolute Gasteiger partial charge is 0.316 e. The van der Waals surface area contributed by atoms with E-state index < -0.39 is 0 Å². The summed E-state index contributed by atoms with van der Waals surface area (Å²) in [7, 11) is 0. The van der Waals surface area contributed by atoms with Crippen LogP contribution in [0.2, 0.25) is 0 Å². The average molecular weight is 393 g/mol. The highest BCUT2D eigenvalue weighted by molar-refractivity contribution is 7.98. The van der Waals surface area contributed by atoms with Gasteiger partial charge in [0.2, 0.25) is 0 Å². The molecule has 3 nitrogen and oxygen atoms in total. The van der Waals surface area contributed by atoms with Crippen LogP contribution >= 0.6 is 34.9 Å². The molecule has 0 aliphatic rings. The van der Waals surface area contributed by atoms with Gasteiger partial charge in [-0.25, -0.2) is 4.39 Å². The maximum Gasteiger partial charge on any atom is 0.280 e. The summed E-state index contributed by atoms with van der Waals surface area (Å²) in [4.78, 5) is 18.6. The topological polar surface area (TPSA) is 34.4 Å². The van der Waals surface area contributed by atoms with Gasteiger partial charge >= 0.3 is 0 Å². The number of nitrogens with zero attached hydrogens (tertiary/aromatic N) is 2. The fourth-order valence-electron chi connectivity index (χ4n) is 2.50. The third kappa shape index (κ3) is 3.99. The lowest BCUT2D eigenvalue weighted by Crippen LogP contribution is -2.18. The van der Waals surface area contributed by atoms with Crippen LogP contribution < -0.4 is 4.80 Å². The lowest BCUT2D eigenvalue weighted by atomic mass is 10.2. The second-order valence-corrected chi connectivity index (χ2v) is 8.10.